The number of nitrogens with zero attached hydrogens (tertiary/aromatic N) is 1. The highest BCUT2D eigenvalue weighted by Crippen LogP contribution is 2.40. The van der Waals surface area contributed by atoms with E-state index >= 15 is 0 Å². The molecule has 2 heteroatoms. The number of likely N-dealkylation sites (tertiary alicyclic amines) is 1. The molecule has 0 saturated carbocycles. The van der Waals surface area contributed by atoms with Crippen LogP contribution in [0.1, 0.15) is 36.3 Å². The first kappa shape index (κ1) is 9.88. The quantitative estimate of drug-likeness (QED) is 0.650. The highest BCUT2D eigenvalue weighted by atomic mass is 16.2. The second kappa shape index (κ2) is 3.62. The number of aryl methyl sites for hydroxylation is 1. The number of fused-ring (bicyclic) bond motifs is 3. The predicted molar refractivity (Wildman–Crippen MR) is 63.3 cm³/mol. The lowest BCUT2D eigenvalue weighted by molar-refractivity contribution is -0.135. The van der Waals surface area contributed by atoms with E-state index < -0.39 is 0 Å². The van der Waals surface area contributed by atoms with E-state index in [1.807, 2.05) is 11.9 Å². The third kappa shape index (κ3) is 1.36. The van der Waals surface area contributed by atoms with Crippen LogP contribution in [0.5, 0.6) is 0 Å². The maximum atomic E-state index is 11.7. The van der Waals surface area contributed by atoms with Crippen molar-refractivity contribution < 1.29 is 4.79 Å². The standard InChI is InChI=1S/C14H17NO/c1-15-13-8-6-10-4-2-3-5-11(10)12(13)7-9-14(15)16/h2-5,12-13H,6-9H2,1H3. The van der Waals surface area contributed by atoms with Gasteiger partial charge in [0.1, 0.15) is 0 Å². The molecule has 0 aromatic heterocycles. The Morgan fingerprint density at radius 2 is 2.00 bits per heavy atom. The summed E-state index contributed by atoms with van der Waals surface area (Å²) < 4.78 is 0. The first-order chi connectivity index (χ1) is 7.77. The summed E-state index contributed by atoms with van der Waals surface area (Å²) in [5.74, 6) is 0.897. The van der Waals surface area contributed by atoms with Gasteiger partial charge in [-0.1, -0.05) is 24.3 Å². The molecule has 2 nitrogen and oxygen atoms in total. The molecule has 1 amide bonds. The molecule has 1 aromatic rings. The predicted octanol–water partition coefficient (Wildman–Crippen LogP) is 2.34. The van der Waals surface area contributed by atoms with E-state index in [4.69, 9.17) is 0 Å². The van der Waals surface area contributed by atoms with E-state index in [2.05, 4.69) is 24.3 Å². The van der Waals surface area contributed by atoms with Crippen molar-refractivity contribution in [1.82, 2.24) is 4.90 Å². The lowest BCUT2D eigenvalue weighted by atomic mass is 9.74. The van der Waals surface area contributed by atoms with Gasteiger partial charge in [-0.05, 0) is 30.4 Å². The summed E-state index contributed by atoms with van der Waals surface area (Å²) in [5, 5.41) is 0. The molecule has 0 bridgehead atoms. The highest BCUT2D eigenvalue weighted by Gasteiger charge is 2.37. The molecule has 3 rings (SSSR count). The van der Waals surface area contributed by atoms with Crippen LogP contribution in [-0.2, 0) is 11.2 Å². The maximum Gasteiger partial charge on any atom is 0.222 e. The largest absolute Gasteiger partial charge is 0.342 e. The molecular formula is C14H17NO. The number of hydrogen-bond donors (Lipinski definition) is 0. The van der Waals surface area contributed by atoms with Crippen molar-refractivity contribution in [3.05, 3.63) is 35.4 Å². The topological polar surface area (TPSA) is 20.3 Å². The lowest BCUT2D eigenvalue weighted by Gasteiger charge is -2.43. The van der Waals surface area contributed by atoms with Gasteiger partial charge in [-0.3, -0.25) is 4.79 Å². The first-order valence-corrected chi connectivity index (χ1v) is 6.11. The first-order valence-electron chi connectivity index (χ1n) is 6.11. The van der Waals surface area contributed by atoms with Crippen LogP contribution in [0.15, 0.2) is 24.3 Å². The Labute approximate surface area is 96.3 Å². The van der Waals surface area contributed by atoms with Gasteiger partial charge in [-0.25, -0.2) is 0 Å². The Balaban J connectivity index is 1.99. The molecule has 1 fully saturated rings. The lowest BCUT2D eigenvalue weighted by Crippen LogP contribution is -2.47. The van der Waals surface area contributed by atoms with E-state index in [0.717, 1.165) is 19.3 Å². The van der Waals surface area contributed by atoms with Gasteiger partial charge < -0.3 is 4.90 Å². The van der Waals surface area contributed by atoms with Crippen LogP contribution in [0.25, 0.3) is 0 Å². The van der Waals surface area contributed by atoms with E-state index in [1.54, 1.807) is 0 Å². The zero-order valence-corrected chi connectivity index (χ0v) is 9.65. The monoisotopic (exact) mass is 215 g/mol. The molecule has 0 N–H and O–H groups in total. The number of piperidine rings is 1. The molecule has 2 unspecified atom stereocenters. The molecule has 1 saturated heterocycles. The molecule has 84 valence electrons. The number of carbonyl (C=O) groups excluding carboxylic acids is 1. The van der Waals surface area contributed by atoms with Gasteiger partial charge in [-0.15, -0.1) is 0 Å². The smallest absolute Gasteiger partial charge is 0.222 e. The summed E-state index contributed by atoms with van der Waals surface area (Å²) in [6.45, 7) is 0. The number of hydrogen-bond acceptors (Lipinski definition) is 1. The fraction of sp³-hybridized carbons (Fsp3) is 0.500. The van der Waals surface area contributed by atoms with Gasteiger partial charge in [0.15, 0.2) is 0 Å². The van der Waals surface area contributed by atoms with Gasteiger partial charge in [0.05, 0.1) is 0 Å². The Morgan fingerprint density at radius 1 is 1.19 bits per heavy atom. The second-order valence-electron chi connectivity index (χ2n) is 4.95. The zero-order chi connectivity index (χ0) is 11.1. The van der Waals surface area contributed by atoms with E-state index in [0.29, 0.717) is 24.3 Å². The molecule has 2 atom stereocenters. The van der Waals surface area contributed by atoms with Crippen LogP contribution in [0.4, 0.5) is 0 Å². The third-order valence-corrected chi connectivity index (χ3v) is 4.19. The van der Waals surface area contributed by atoms with E-state index in [-0.39, 0.29) is 0 Å². The van der Waals surface area contributed by atoms with Crippen LogP contribution >= 0.6 is 0 Å². The summed E-state index contributed by atoms with van der Waals surface area (Å²) in [5.41, 5.74) is 2.98. The maximum absolute atomic E-state index is 11.7. The molecule has 1 aromatic carbocycles. The number of benzene rings is 1. The fourth-order valence-electron chi connectivity index (χ4n) is 3.29. The summed E-state index contributed by atoms with van der Waals surface area (Å²) in [7, 11) is 1.97. The van der Waals surface area contributed by atoms with Crippen molar-refractivity contribution in [2.75, 3.05) is 7.05 Å². The van der Waals surface area contributed by atoms with Gasteiger partial charge in [0.2, 0.25) is 5.91 Å². The van der Waals surface area contributed by atoms with Gasteiger partial charge in [0, 0.05) is 25.4 Å². The van der Waals surface area contributed by atoms with Crippen LogP contribution in [0, 0.1) is 0 Å². The molecule has 16 heavy (non-hydrogen) atoms. The Bertz CT molecular complexity index is 426. The van der Waals surface area contributed by atoms with Crippen molar-refractivity contribution >= 4 is 5.91 Å². The minimum atomic E-state index is 0.320. The summed E-state index contributed by atoms with van der Waals surface area (Å²) in [6, 6.07) is 9.17. The average Bonchev–Trinajstić information content (AvgIpc) is 2.33. The highest BCUT2D eigenvalue weighted by molar-refractivity contribution is 5.77. The number of rotatable bonds is 0. The molecule has 1 aliphatic heterocycles. The van der Waals surface area contributed by atoms with Crippen LogP contribution in [0.2, 0.25) is 0 Å². The molecule has 0 radical (unpaired) electrons. The zero-order valence-electron chi connectivity index (χ0n) is 9.65. The normalized spacial score (nSPS) is 28.6. The Morgan fingerprint density at radius 3 is 2.88 bits per heavy atom. The number of amides is 1. The fourth-order valence-corrected chi connectivity index (χ4v) is 3.29. The summed E-state index contributed by atoms with van der Waals surface area (Å²) in [6.07, 6.45) is 4.00. The van der Waals surface area contributed by atoms with Crippen molar-refractivity contribution in [1.29, 1.82) is 0 Å². The number of carbonyl (C=O) groups is 1. The van der Waals surface area contributed by atoms with Gasteiger partial charge >= 0.3 is 0 Å². The van der Waals surface area contributed by atoms with Crippen LogP contribution in [0.3, 0.4) is 0 Å². The Hall–Kier alpha value is -1.31. The average molecular weight is 215 g/mol. The third-order valence-electron chi connectivity index (χ3n) is 4.19. The van der Waals surface area contributed by atoms with Crippen molar-refractivity contribution in [2.45, 2.75) is 37.6 Å². The SMILES string of the molecule is CN1C(=O)CCC2c3ccccc3CCC21. The van der Waals surface area contributed by atoms with E-state index in [9.17, 15) is 4.79 Å². The van der Waals surface area contributed by atoms with Crippen LogP contribution in [-0.4, -0.2) is 23.9 Å². The number of likely N-dealkylation sites (N-methyl/N-ethyl adjacent to an activating group) is 1. The molecular weight excluding hydrogens is 198 g/mol. The minimum absolute atomic E-state index is 0.320. The minimum Gasteiger partial charge on any atom is -0.342 e. The van der Waals surface area contributed by atoms with Crippen LogP contribution < -0.4 is 0 Å². The molecule has 2 aliphatic rings. The summed E-state index contributed by atoms with van der Waals surface area (Å²) >= 11 is 0. The second-order valence-corrected chi connectivity index (χ2v) is 4.95. The molecule has 0 spiro atoms. The van der Waals surface area contributed by atoms with E-state index in [1.165, 1.54) is 11.1 Å². The van der Waals surface area contributed by atoms with Crippen molar-refractivity contribution in [3.8, 4) is 0 Å². The molecule has 1 heterocycles. The van der Waals surface area contributed by atoms with Crippen molar-refractivity contribution in [3.63, 3.8) is 0 Å². The summed E-state index contributed by atoms with van der Waals surface area (Å²) in [4.78, 5) is 13.7. The van der Waals surface area contributed by atoms with Crippen molar-refractivity contribution in [2.24, 2.45) is 0 Å². The molecule has 1 aliphatic carbocycles. The van der Waals surface area contributed by atoms with Gasteiger partial charge in [-0.2, -0.15) is 0 Å². The Kier molecular flexibility index (Phi) is 2.23. The van der Waals surface area contributed by atoms with Gasteiger partial charge in [0.25, 0.3) is 0 Å².